The lowest BCUT2D eigenvalue weighted by molar-refractivity contribution is 0.583. The normalized spacial score (nSPS) is 11.7. The van der Waals surface area contributed by atoms with E-state index in [9.17, 15) is 17.2 Å². The number of halogens is 2. The molecule has 2 aromatic rings. The van der Waals surface area contributed by atoms with Crippen molar-refractivity contribution in [1.29, 1.82) is 0 Å². The molecule has 0 bridgehead atoms. The van der Waals surface area contributed by atoms with E-state index in [0.717, 1.165) is 18.3 Å². The second-order valence-electron chi connectivity index (χ2n) is 3.31. The summed E-state index contributed by atoms with van der Waals surface area (Å²) >= 11 is 0. The van der Waals surface area contributed by atoms with Gasteiger partial charge in [0, 0.05) is 11.6 Å². The third kappa shape index (κ3) is 2.32. The molecule has 0 fully saturated rings. The van der Waals surface area contributed by atoms with E-state index < -0.39 is 21.7 Å². The van der Waals surface area contributed by atoms with Crippen LogP contribution in [0.1, 0.15) is 0 Å². The van der Waals surface area contributed by atoms with Crippen LogP contribution in [0, 0.1) is 11.6 Å². The van der Waals surface area contributed by atoms with Crippen LogP contribution in [-0.4, -0.2) is 18.6 Å². The van der Waals surface area contributed by atoms with Crippen LogP contribution in [0.3, 0.4) is 0 Å². The van der Waals surface area contributed by atoms with E-state index in [2.05, 4.69) is 10.2 Å². The van der Waals surface area contributed by atoms with Crippen molar-refractivity contribution in [3.05, 3.63) is 36.0 Å². The van der Waals surface area contributed by atoms with Crippen LogP contribution in [0.15, 0.2) is 29.3 Å². The number of hydrogen-bond acceptors (Lipinski definition) is 3. The highest BCUT2D eigenvalue weighted by atomic mass is 32.2. The lowest BCUT2D eigenvalue weighted by Crippen LogP contribution is -2.12. The summed E-state index contributed by atoms with van der Waals surface area (Å²) in [4.78, 5) is -0.317. The molecule has 17 heavy (non-hydrogen) atoms. The molecule has 3 N–H and O–H groups in total. The highest BCUT2D eigenvalue weighted by molar-refractivity contribution is 7.89. The van der Waals surface area contributed by atoms with E-state index in [1.54, 1.807) is 0 Å². The summed E-state index contributed by atoms with van der Waals surface area (Å²) in [5.41, 5.74) is -0.0325. The van der Waals surface area contributed by atoms with E-state index in [-0.39, 0.29) is 16.2 Å². The summed E-state index contributed by atoms with van der Waals surface area (Å²) in [7, 11) is -4.00. The van der Waals surface area contributed by atoms with E-state index >= 15 is 0 Å². The molecule has 0 aliphatic rings. The zero-order valence-corrected chi connectivity index (χ0v) is 9.13. The Labute approximate surface area is 95.3 Å². The summed E-state index contributed by atoms with van der Waals surface area (Å²) < 4.78 is 48.4. The molecule has 2 rings (SSSR count). The molecule has 0 unspecified atom stereocenters. The van der Waals surface area contributed by atoms with Crippen LogP contribution in [0.5, 0.6) is 0 Å². The highest BCUT2D eigenvalue weighted by Gasteiger charge is 2.18. The Morgan fingerprint density at radius 1 is 1.18 bits per heavy atom. The summed E-state index contributed by atoms with van der Waals surface area (Å²) in [6.45, 7) is 0. The maximum Gasteiger partial charge on any atom is 0.241 e. The quantitative estimate of drug-likeness (QED) is 0.843. The fraction of sp³-hybridized carbons (Fsp3) is 0. The van der Waals surface area contributed by atoms with Gasteiger partial charge in [-0.15, -0.1) is 0 Å². The Kier molecular flexibility index (Phi) is 2.68. The molecule has 0 amide bonds. The number of rotatable bonds is 2. The number of nitrogens with one attached hydrogen (secondary N) is 1. The van der Waals surface area contributed by atoms with E-state index in [4.69, 9.17) is 5.14 Å². The molecule has 0 radical (unpaired) electrons. The molecule has 5 nitrogen and oxygen atoms in total. The number of aromatic amines is 1. The lowest BCUT2D eigenvalue weighted by atomic mass is 10.1. The van der Waals surface area contributed by atoms with Gasteiger partial charge in [-0.25, -0.2) is 22.3 Å². The van der Waals surface area contributed by atoms with Gasteiger partial charge in [0.2, 0.25) is 10.0 Å². The molecule has 0 saturated carbocycles. The van der Waals surface area contributed by atoms with E-state index in [1.807, 2.05) is 0 Å². The number of H-pyrrole nitrogens is 1. The first-order valence-corrected chi connectivity index (χ1v) is 5.95. The van der Waals surface area contributed by atoms with Gasteiger partial charge in [0.25, 0.3) is 0 Å². The minimum absolute atomic E-state index is 0.0176. The number of benzene rings is 1. The Morgan fingerprint density at radius 3 is 2.29 bits per heavy atom. The van der Waals surface area contributed by atoms with Crippen LogP contribution < -0.4 is 5.14 Å². The fourth-order valence-corrected chi connectivity index (χ4v) is 2.04. The van der Waals surface area contributed by atoms with Gasteiger partial charge >= 0.3 is 0 Å². The second-order valence-corrected chi connectivity index (χ2v) is 4.84. The van der Waals surface area contributed by atoms with Crippen LogP contribution in [0.25, 0.3) is 11.3 Å². The SMILES string of the molecule is NS(=O)(=O)c1cn[nH]c1-c1cc(F)cc(F)c1. The van der Waals surface area contributed by atoms with Crippen LogP contribution in [-0.2, 0) is 10.0 Å². The van der Waals surface area contributed by atoms with E-state index in [0.29, 0.717) is 6.07 Å². The van der Waals surface area contributed by atoms with Gasteiger partial charge in [-0.3, -0.25) is 5.10 Å². The van der Waals surface area contributed by atoms with Gasteiger partial charge in [-0.1, -0.05) is 0 Å². The first kappa shape index (κ1) is 11.7. The minimum Gasteiger partial charge on any atom is -0.276 e. The first-order chi connectivity index (χ1) is 7.88. The van der Waals surface area contributed by atoms with Crippen molar-refractivity contribution in [3.63, 3.8) is 0 Å². The maximum absolute atomic E-state index is 13.0. The molecule has 0 aliphatic heterocycles. The van der Waals surface area contributed by atoms with E-state index in [1.165, 1.54) is 0 Å². The summed E-state index contributed by atoms with van der Waals surface area (Å²) in [5, 5.41) is 10.8. The molecule has 1 heterocycles. The number of aromatic nitrogens is 2. The molecule has 1 aromatic carbocycles. The van der Waals surface area contributed by atoms with Crippen molar-refractivity contribution < 1.29 is 17.2 Å². The third-order valence-corrected chi connectivity index (χ3v) is 2.98. The summed E-state index contributed by atoms with van der Waals surface area (Å²) in [6.07, 6.45) is 0.980. The third-order valence-electron chi connectivity index (χ3n) is 2.06. The largest absolute Gasteiger partial charge is 0.276 e. The van der Waals surface area contributed by atoms with Crippen molar-refractivity contribution in [2.24, 2.45) is 5.14 Å². The standard InChI is InChI=1S/C9H7F2N3O2S/c10-6-1-5(2-7(11)3-6)9-8(4-13-14-9)17(12,15)16/h1-4H,(H,13,14)(H2,12,15,16). The van der Waals surface area contributed by atoms with Crippen molar-refractivity contribution in [3.8, 4) is 11.3 Å². The highest BCUT2D eigenvalue weighted by Crippen LogP contribution is 2.25. The van der Waals surface area contributed by atoms with Gasteiger partial charge < -0.3 is 0 Å². The Balaban J connectivity index is 2.66. The average molecular weight is 259 g/mol. The topological polar surface area (TPSA) is 88.8 Å². The predicted octanol–water partition coefficient (Wildman–Crippen LogP) is 1.00. The number of sulfonamides is 1. The zero-order valence-electron chi connectivity index (χ0n) is 8.31. The molecule has 90 valence electrons. The van der Waals surface area contributed by atoms with Crippen molar-refractivity contribution in [2.45, 2.75) is 4.90 Å². The fourth-order valence-electron chi connectivity index (χ4n) is 1.40. The van der Waals surface area contributed by atoms with Crippen LogP contribution >= 0.6 is 0 Å². The lowest BCUT2D eigenvalue weighted by Gasteiger charge is -2.02. The molecule has 0 aliphatic carbocycles. The van der Waals surface area contributed by atoms with Crippen molar-refractivity contribution >= 4 is 10.0 Å². The van der Waals surface area contributed by atoms with Gasteiger partial charge in [-0.2, -0.15) is 5.10 Å². The second kappa shape index (κ2) is 3.90. The van der Waals surface area contributed by atoms with Gasteiger partial charge in [0.1, 0.15) is 16.5 Å². The minimum atomic E-state index is -4.00. The van der Waals surface area contributed by atoms with Gasteiger partial charge in [0.15, 0.2) is 0 Å². The van der Waals surface area contributed by atoms with Gasteiger partial charge in [-0.05, 0) is 12.1 Å². The van der Waals surface area contributed by atoms with Crippen LogP contribution in [0.4, 0.5) is 8.78 Å². The molecule has 0 atom stereocenters. The first-order valence-electron chi connectivity index (χ1n) is 4.40. The monoisotopic (exact) mass is 259 g/mol. The van der Waals surface area contributed by atoms with Crippen molar-refractivity contribution in [2.75, 3.05) is 0 Å². The average Bonchev–Trinajstić information content (AvgIpc) is 2.63. The molecule has 0 saturated heterocycles. The summed E-state index contributed by atoms with van der Waals surface area (Å²) in [6, 6.07) is 2.63. The molecule has 8 heteroatoms. The Morgan fingerprint density at radius 2 is 1.76 bits per heavy atom. The number of primary sulfonamides is 1. The molecular formula is C9H7F2N3O2S. The predicted molar refractivity (Wildman–Crippen MR) is 55.3 cm³/mol. The van der Waals surface area contributed by atoms with Crippen molar-refractivity contribution in [1.82, 2.24) is 10.2 Å². The smallest absolute Gasteiger partial charge is 0.241 e. The Hall–Kier alpha value is -1.80. The summed E-state index contributed by atoms with van der Waals surface area (Å²) in [5.74, 6) is -1.65. The van der Waals surface area contributed by atoms with Gasteiger partial charge in [0.05, 0.1) is 11.9 Å². The Bertz CT molecular complexity index is 646. The number of nitrogens with two attached hydrogens (primary N) is 1. The maximum atomic E-state index is 13.0. The number of nitrogens with zero attached hydrogens (tertiary/aromatic N) is 1. The zero-order chi connectivity index (χ0) is 12.6. The molecule has 1 aromatic heterocycles. The molecular weight excluding hydrogens is 252 g/mol. The number of hydrogen-bond donors (Lipinski definition) is 2. The molecule has 0 spiro atoms. The van der Waals surface area contributed by atoms with Crippen LogP contribution in [0.2, 0.25) is 0 Å².